The lowest BCUT2D eigenvalue weighted by Gasteiger charge is -2.32. The van der Waals surface area contributed by atoms with Crippen LogP contribution in [-0.2, 0) is 11.2 Å². The van der Waals surface area contributed by atoms with Crippen LogP contribution >= 0.6 is 11.6 Å². The normalized spacial score (nSPS) is 18.8. The van der Waals surface area contributed by atoms with E-state index in [1.807, 2.05) is 30.0 Å². The summed E-state index contributed by atoms with van der Waals surface area (Å²) in [5, 5.41) is 9.79. The lowest BCUT2D eigenvalue weighted by molar-refractivity contribution is -0.133. The SMILES string of the molecule is Cc1ccc(CCC(=O)N2CCCC(CCO)C2)cc1Cl. The molecule has 4 heteroatoms. The van der Waals surface area contributed by atoms with Crippen LogP contribution in [0.1, 0.15) is 36.8 Å². The third-order valence-electron chi connectivity index (χ3n) is 4.27. The Labute approximate surface area is 131 Å². The van der Waals surface area contributed by atoms with Crippen LogP contribution in [0.4, 0.5) is 0 Å². The monoisotopic (exact) mass is 309 g/mol. The summed E-state index contributed by atoms with van der Waals surface area (Å²) >= 11 is 6.11. The van der Waals surface area contributed by atoms with Gasteiger partial charge in [-0.15, -0.1) is 0 Å². The molecule has 1 atom stereocenters. The predicted octanol–water partition coefficient (Wildman–Crippen LogP) is 3.20. The van der Waals surface area contributed by atoms with Crippen LogP contribution in [0.15, 0.2) is 18.2 Å². The van der Waals surface area contributed by atoms with E-state index < -0.39 is 0 Å². The standard InChI is InChI=1S/C17H24ClNO2/c1-13-4-5-14(11-16(13)18)6-7-17(21)19-9-2-3-15(12-19)8-10-20/h4-5,11,15,20H,2-3,6-10,12H2,1H3. The van der Waals surface area contributed by atoms with Crippen molar-refractivity contribution in [3.63, 3.8) is 0 Å². The van der Waals surface area contributed by atoms with Crippen LogP contribution in [0, 0.1) is 12.8 Å². The van der Waals surface area contributed by atoms with Gasteiger partial charge in [0.1, 0.15) is 0 Å². The van der Waals surface area contributed by atoms with Crippen LogP contribution < -0.4 is 0 Å². The lowest BCUT2D eigenvalue weighted by Crippen LogP contribution is -2.40. The minimum absolute atomic E-state index is 0.217. The van der Waals surface area contributed by atoms with Gasteiger partial charge in [-0.1, -0.05) is 23.7 Å². The Morgan fingerprint density at radius 1 is 1.48 bits per heavy atom. The minimum atomic E-state index is 0.217. The number of hydrogen-bond acceptors (Lipinski definition) is 2. The van der Waals surface area contributed by atoms with Gasteiger partial charge in [-0.25, -0.2) is 0 Å². The maximum atomic E-state index is 12.3. The summed E-state index contributed by atoms with van der Waals surface area (Å²) in [7, 11) is 0. The second-order valence-electron chi connectivity index (χ2n) is 5.94. The van der Waals surface area contributed by atoms with E-state index in [2.05, 4.69) is 0 Å². The molecule has 2 rings (SSSR count). The maximum absolute atomic E-state index is 12.3. The number of nitrogens with zero attached hydrogens (tertiary/aromatic N) is 1. The molecular weight excluding hydrogens is 286 g/mol. The molecule has 0 aliphatic carbocycles. The number of hydrogen-bond donors (Lipinski definition) is 1. The van der Waals surface area contributed by atoms with Gasteiger partial charge in [-0.2, -0.15) is 0 Å². The molecule has 0 bridgehead atoms. The molecule has 1 saturated heterocycles. The molecule has 0 spiro atoms. The summed E-state index contributed by atoms with van der Waals surface area (Å²) in [5.41, 5.74) is 2.18. The van der Waals surface area contributed by atoms with E-state index in [1.54, 1.807) is 0 Å². The number of rotatable bonds is 5. The Morgan fingerprint density at radius 2 is 2.29 bits per heavy atom. The molecule has 1 heterocycles. The quantitative estimate of drug-likeness (QED) is 0.907. The molecule has 0 saturated carbocycles. The van der Waals surface area contributed by atoms with Crippen molar-refractivity contribution in [3.8, 4) is 0 Å². The van der Waals surface area contributed by atoms with Crippen LogP contribution in [0.25, 0.3) is 0 Å². The Balaban J connectivity index is 1.84. The fraction of sp³-hybridized carbons (Fsp3) is 0.588. The van der Waals surface area contributed by atoms with E-state index in [0.717, 1.165) is 54.9 Å². The Morgan fingerprint density at radius 3 is 3.00 bits per heavy atom. The van der Waals surface area contributed by atoms with E-state index in [0.29, 0.717) is 12.3 Å². The van der Waals surface area contributed by atoms with Crippen molar-refractivity contribution in [2.24, 2.45) is 5.92 Å². The number of benzene rings is 1. The van der Waals surface area contributed by atoms with E-state index in [9.17, 15) is 4.79 Å². The first-order chi connectivity index (χ1) is 10.1. The number of aliphatic hydroxyl groups excluding tert-OH is 1. The van der Waals surface area contributed by atoms with Gasteiger partial charge in [-0.3, -0.25) is 4.79 Å². The van der Waals surface area contributed by atoms with E-state index in [-0.39, 0.29) is 12.5 Å². The third-order valence-corrected chi connectivity index (χ3v) is 4.68. The number of carbonyl (C=O) groups excluding carboxylic acids is 1. The number of likely N-dealkylation sites (tertiary alicyclic amines) is 1. The second kappa shape index (κ2) is 7.81. The first-order valence-corrected chi connectivity index (χ1v) is 8.11. The topological polar surface area (TPSA) is 40.5 Å². The first kappa shape index (κ1) is 16.3. The van der Waals surface area contributed by atoms with Crippen LogP contribution in [-0.4, -0.2) is 35.6 Å². The summed E-state index contributed by atoms with van der Waals surface area (Å²) in [6.07, 6.45) is 4.24. The van der Waals surface area contributed by atoms with Crippen LogP contribution in [0.5, 0.6) is 0 Å². The highest BCUT2D eigenvalue weighted by Crippen LogP contribution is 2.21. The number of halogens is 1. The molecule has 1 N–H and O–H groups in total. The fourth-order valence-electron chi connectivity index (χ4n) is 2.91. The highest BCUT2D eigenvalue weighted by atomic mass is 35.5. The van der Waals surface area contributed by atoms with Gasteiger partial charge in [0.05, 0.1) is 0 Å². The van der Waals surface area contributed by atoms with Gasteiger partial charge in [0, 0.05) is 31.1 Å². The van der Waals surface area contributed by atoms with Gasteiger partial charge in [0.25, 0.3) is 0 Å². The lowest BCUT2D eigenvalue weighted by atomic mass is 9.95. The average molecular weight is 310 g/mol. The largest absolute Gasteiger partial charge is 0.396 e. The van der Waals surface area contributed by atoms with Crippen molar-refractivity contribution >= 4 is 17.5 Å². The molecule has 1 aromatic rings. The van der Waals surface area contributed by atoms with Gasteiger partial charge < -0.3 is 10.0 Å². The highest BCUT2D eigenvalue weighted by molar-refractivity contribution is 6.31. The van der Waals surface area contributed by atoms with Crippen molar-refractivity contribution in [2.45, 2.75) is 39.0 Å². The molecular formula is C17H24ClNO2. The maximum Gasteiger partial charge on any atom is 0.222 e. The fourth-order valence-corrected chi connectivity index (χ4v) is 3.11. The van der Waals surface area contributed by atoms with Crippen molar-refractivity contribution in [1.29, 1.82) is 0 Å². The summed E-state index contributed by atoms with van der Waals surface area (Å²) < 4.78 is 0. The van der Waals surface area contributed by atoms with E-state index in [1.165, 1.54) is 0 Å². The van der Waals surface area contributed by atoms with Crippen molar-refractivity contribution < 1.29 is 9.90 Å². The number of aryl methyl sites for hydroxylation is 2. The van der Waals surface area contributed by atoms with Gasteiger partial charge in [-0.05, 0) is 55.7 Å². The molecule has 21 heavy (non-hydrogen) atoms. The molecule has 0 aromatic heterocycles. The smallest absolute Gasteiger partial charge is 0.222 e. The Hall–Kier alpha value is -1.06. The molecule has 1 unspecified atom stereocenters. The zero-order chi connectivity index (χ0) is 15.2. The summed E-state index contributed by atoms with van der Waals surface area (Å²) in [6, 6.07) is 5.99. The zero-order valence-corrected chi connectivity index (χ0v) is 13.4. The Kier molecular flexibility index (Phi) is 6.07. The van der Waals surface area contributed by atoms with Gasteiger partial charge >= 0.3 is 0 Å². The third kappa shape index (κ3) is 4.72. The Bertz CT molecular complexity index is 488. The molecule has 1 aliphatic rings. The summed E-state index contributed by atoms with van der Waals surface area (Å²) in [5.74, 6) is 0.677. The molecule has 1 aliphatic heterocycles. The van der Waals surface area contributed by atoms with Gasteiger partial charge in [0.2, 0.25) is 5.91 Å². The van der Waals surface area contributed by atoms with Gasteiger partial charge in [0.15, 0.2) is 0 Å². The predicted molar refractivity (Wildman–Crippen MR) is 85.5 cm³/mol. The highest BCUT2D eigenvalue weighted by Gasteiger charge is 2.22. The second-order valence-corrected chi connectivity index (χ2v) is 6.35. The number of aliphatic hydroxyl groups is 1. The van der Waals surface area contributed by atoms with Crippen molar-refractivity contribution in [2.75, 3.05) is 19.7 Å². The molecule has 1 aromatic carbocycles. The molecule has 3 nitrogen and oxygen atoms in total. The minimum Gasteiger partial charge on any atom is -0.396 e. The molecule has 1 fully saturated rings. The van der Waals surface area contributed by atoms with Crippen LogP contribution in [0.2, 0.25) is 5.02 Å². The number of piperidine rings is 1. The van der Waals surface area contributed by atoms with Crippen LogP contribution in [0.3, 0.4) is 0 Å². The van der Waals surface area contributed by atoms with Crippen molar-refractivity contribution in [1.82, 2.24) is 4.90 Å². The summed E-state index contributed by atoms with van der Waals surface area (Å²) in [6.45, 7) is 3.85. The van der Waals surface area contributed by atoms with E-state index >= 15 is 0 Å². The molecule has 1 amide bonds. The molecule has 116 valence electrons. The number of carbonyl (C=O) groups is 1. The average Bonchev–Trinajstić information content (AvgIpc) is 2.49. The first-order valence-electron chi connectivity index (χ1n) is 7.74. The zero-order valence-electron chi connectivity index (χ0n) is 12.6. The number of amides is 1. The summed E-state index contributed by atoms with van der Waals surface area (Å²) in [4.78, 5) is 14.3. The molecule has 0 radical (unpaired) electrons. The van der Waals surface area contributed by atoms with Crippen molar-refractivity contribution in [3.05, 3.63) is 34.3 Å². The van der Waals surface area contributed by atoms with E-state index in [4.69, 9.17) is 16.7 Å².